The minimum absolute atomic E-state index is 0.00428. The summed E-state index contributed by atoms with van der Waals surface area (Å²) in [6.07, 6.45) is 0. The Bertz CT molecular complexity index is 813. The van der Waals surface area contributed by atoms with E-state index in [-0.39, 0.29) is 12.2 Å². The lowest BCUT2D eigenvalue weighted by Crippen LogP contribution is -3.09. The first-order valence-electron chi connectivity index (χ1n) is 8.31. The minimum atomic E-state index is -0.781. The van der Waals surface area contributed by atoms with Crippen molar-refractivity contribution in [1.82, 2.24) is 5.32 Å². The van der Waals surface area contributed by atoms with Gasteiger partial charge in [-0.3, -0.25) is 10.1 Å². The van der Waals surface area contributed by atoms with Gasteiger partial charge >= 0.3 is 6.03 Å². The quantitative estimate of drug-likeness (QED) is 0.679. The van der Waals surface area contributed by atoms with Crippen LogP contribution in [-0.4, -0.2) is 39.8 Å². The molecule has 2 rings (SSSR count). The number of urea groups is 1. The van der Waals surface area contributed by atoms with Crippen LogP contribution in [0.25, 0.3) is 0 Å². The van der Waals surface area contributed by atoms with E-state index in [1.54, 1.807) is 26.4 Å². The summed E-state index contributed by atoms with van der Waals surface area (Å²) in [5.74, 6) is 0.157. The highest BCUT2D eigenvalue weighted by atomic mass is 19.1. The van der Waals surface area contributed by atoms with Crippen molar-refractivity contribution in [3.63, 3.8) is 0 Å². The van der Waals surface area contributed by atoms with Crippen LogP contribution in [0.5, 0.6) is 11.5 Å². The zero-order valence-electron chi connectivity index (χ0n) is 15.5. The van der Waals surface area contributed by atoms with E-state index >= 15 is 0 Å². The van der Waals surface area contributed by atoms with Crippen LogP contribution in [0.3, 0.4) is 0 Å². The highest BCUT2D eigenvalue weighted by Gasteiger charge is 2.17. The van der Waals surface area contributed by atoms with Crippen molar-refractivity contribution in [2.75, 3.05) is 33.1 Å². The van der Waals surface area contributed by atoms with Crippen molar-refractivity contribution in [3.8, 4) is 11.5 Å². The van der Waals surface area contributed by atoms with Crippen LogP contribution in [-0.2, 0) is 11.3 Å². The van der Waals surface area contributed by atoms with Gasteiger partial charge in [-0.15, -0.1) is 0 Å². The number of para-hydroxylation sites is 2. The number of rotatable bonds is 7. The molecule has 7 nitrogen and oxygen atoms in total. The lowest BCUT2D eigenvalue weighted by Gasteiger charge is -2.17. The maximum atomic E-state index is 13.5. The molecule has 0 radical (unpaired) electrons. The maximum absolute atomic E-state index is 13.5. The second-order valence-electron chi connectivity index (χ2n) is 5.95. The van der Waals surface area contributed by atoms with E-state index in [9.17, 15) is 14.0 Å². The number of quaternary nitrogens is 1. The summed E-state index contributed by atoms with van der Waals surface area (Å²) in [5, 5.41) is 4.50. The Hall–Kier alpha value is -3.13. The van der Waals surface area contributed by atoms with Gasteiger partial charge in [0.25, 0.3) is 5.91 Å². The molecule has 0 aromatic heterocycles. The standard InChI is InChI=1S/C19H22FN3O4/c1-23(11-13-7-6-10-16(26-2)18(13)27-3)12-17(24)22-19(25)21-15-9-5-4-8-14(15)20/h4-10H,11-12H2,1-3H3,(H2,21,22,24,25)/p+1. The van der Waals surface area contributed by atoms with Crippen molar-refractivity contribution in [2.24, 2.45) is 0 Å². The summed E-state index contributed by atoms with van der Waals surface area (Å²) in [6.45, 7) is 0.535. The molecule has 0 spiro atoms. The second-order valence-corrected chi connectivity index (χ2v) is 5.95. The number of nitrogens with one attached hydrogen (secondary N) is 3. The Kier molecular flexibility index (Phi) is 7.13. The average Bonchev–Trinajstić information content (AvgIpc) is 2.63. The first-order chi connectivity index (χ1) is 12.9. The second kappa shape index (κ2) is 9.54. The molecule has 0 fully saturated rings. The summed E-state index contributed by atoms with van der Waals surface area (Å²) in [5.41, 5.74) is 0.877. The Morgan fingerprint density at radius 1 is 1.07 bits per heavy atom. The van der Waals surface area contributed by atoms with Crippen LogP contribution in [0.15, 0.2) is 42.5 Å². The summed E-state index contributed by atoms with van der Waals surface area (Å²) < 4.78 is 24.2. The summed E-state index contributed by atoms with van der Waals surface area (Å²) in [6, 6.07) is 10.4. The van der Waals surface area contributed by atoms with E-state index < -0.39 is 17.8 Å². The molecule has 0 heterocycles. The monoisotopic (exact) mass is 376 g/mol. The molecule has 3 amide bonds. The van der Waals surface area contributed by atoms with Crippen LogP contribution in [0, 0.1) is 5.82 Å². The first kappa shape index (κ1) is 20.2. The summed E-state index contributed by atoms with van der Waals surface area (Å²) >= 11 is 0. The number of halogens is 1. The number of carbonyl (C=O) groups excluding carboxylic acids is 2. The maximum Gasteiger partial charge on any atom is 0.326 e. The number of hydrogen-bond acceptors (Lipinski definition) is 4. The predicted octanol–water partition coefficient (Wildman–Crippen LogP) is 1.21. The van der Waals surface area contributed by atoms with Gasteiger partial charge in [0, 0.05) is 0 Å². The first-order valence-corrected chi connectivity index (χ1v) is 8.31. The van der Waals surface area contributed by atoms with Gasteiger partial charge in [-0.1, -0.05) is 18.2 Å². The lowest BCUT2D eigenvalue weighted by atomic mass is 10.1. The van der Waals surface area contributed by atoms with Crippen LogP contribution in [0.1, 0.15) is 5.56 Å². The van der Waals surface area contributed by atoms with Gasteiger partial charge in [-0.25, -0.2) is 9.18 Å². The van der Waals surface area contributed by atoms with Crippen LogP contribution >= 0.6 is 0 Å². The van der Waals surface area contributed by atoms with Crippen molar-refractivity contribution in [1.29, 1.82) is 0 Å². The fourth-order valence-corrected chi connectivity index (χ4v) is 2.64. The van der Waals surface area contributed by atoms with E-state index in [2.05, 4.69) is 10.6 Å². The van der Waals surface area contributed by atoms with Crippen molar-refractivity contribution >= 4 is 17.6 Å². The third-order valence-corrected chi connectivity index (χ3v) is 3.81. The minimum Gasteiger partial charge on any atom is -0.493 e. The molecule has 0 saturated carbocycles. The average molecular weight is 376 g/mol. The molecule has 0 aliphatic heterocycles. The van der Waals surface area contributed by atoms with Gasteiger partial charge in [-0.2, -0.15) is 0 Å². The zero-order chi connectivity index (χ0) is 19.8. The van der Waals surface area contributed by atoms with Gasteiger partial charge in [0.05, 0.1) is 32.5 Å². The molecule has 0 aliphatic rings. The molecule has 1 unspecified atom stereocenters. The number of anilines is 1. The van der Waals surface area contributed by atoms with Gasteiger partial charge < -0.3 is 19.7 Å². The van der Waals surface area contributed by atoms with E-state index in [0.717, 1.165) is 10.5 Å². The van der Waals surface area contributed by atoms with Gasteiger partial charge in [-0.05, 0) is 24.3 Å². The Balaban J connectivity index is 1.90. The fraction of sp³-hybridized carbons (Fsp3) is 0.263. The molecule has 0 saturated heterocycles. The van der Waals surface area contributed by atoms with E-state index in [0.29, 0.717) is 18.0 Å². The van der Waals surface area contributed by atoms with Crippen LogP contribution in [0.2, 0.25) is 0 Å². The number of amides is 3. The molecule has 2 aromatic carbocycles. The van der Waals surface area contributed by atoms with Gasteiger partial charge in [0.1, 0.15) is 12.4 Å². The third kappa shape index (κ3) is 5.68. The summed E-state index contributed by atoms with van der Waals surface area (Å²) in [4.78, 5) is 24.7. The molecule has 27 heavy (non-hydrogen) atoms. The van der Waals surface area contributed by atoms with Crippen LogP contribution < -0.4 is 25.0 Å². The van der Waals surface area contributed by atoms with E-state index in [1.165, 1.54) is 18.2 Å². The highest BCUT2D eigenvalue weighted by molar-refractivity contribution is 6.01. The van der Waals surface area contributed by atoms with Crippen molar-refractivity contribution in [2.45, 2.75) is 6.54 Å². The highest BCUT2D eigenvalue weighted by Crippen LogP contribution is 2.29. The molecule has 1 atom stereocenters. The molecule has 8 heteroatoms. The predicted molar refractivity (Wildman–Crippen MR) is 98.6 cm³/mol. The van der Waals surface area contributed by atoms with Crippen LogP contribution in [0.4, 0.5) is 14.9 Å². The largest absolute Gasteiger partial charge is 0.493 e. The molecule has 3 N–H and O–H groups in total. The Morgan fingerprint density at radius 3 is 2.48 bits per heavy atom. The molecule has 2 aromatic rings. The summed E-state index contributed by atoms with van der Waals surface area (Å²) in [7, 11) is 4.92. The molecule has 144 valence electrons. The van der Waals surface area contributed by atoms with Gasteiger partial charge in [0.15, 0.2) is 18.0 Å². The smallest absolute Gasteiger partial charge is 0.326 e. The number of hydrogen-bond donors (Lipinski definition) is 3. The lowest BCUT2D eigenvalue weighted by molar-refractivity contribution is -0.885. The molecule has 0 aliphatic carbocycles. The normalized spacial score (nSPS) is 11.4. The van der Waals surface area contributed by atoms with E-state index in [1.807, 2.05) is 19.2 Å². The van der Waals surface area contributed by atoms with Crippen molar-refractivity contribution in [3.05, 3.63) is 53.8 Å². The number of methoxy groups -OCH3 is 2. The number of imide groups is 1. The number of benzene rings is 2. The SMILES string of the molecule is COc1cccc(C[NH+](C)CC(=O)NC(=O)Nc2ccccc2F)c1OC. The fourth-order valence-electron chi connectivity index (χ4n) is 2.64. The third-order valence-electron chi connectivity index (χ3n) is 3.81. The Labute approximate surface area is 157 Å². The van der Waals surface area contributed by atoms with E-state index in [4.69, 9.17) is 9.47 Å². The van der Waals surface area contributed by atoms with Gasteiger partial charge in [0.2, 0.25) is 0 Å². The molecular formula is C19H23FN3O4+. The molecule has 0 bridgehead atoms. The molecular weight excluding hydrogens is 353 g/mol. The Morgan fingerprint density at radius 2 is 1.81 bits per heavy atom. The topological polar surface area (TPSA) is 81.1 Å². The zero-order valence-corrected chi connectivity index (χ0v) is 15.5. The number of ether oxygens (including phenoxy) is 2. The number of carbonyl (C=O) groups is 2. The van der Waals surface area contributed by atoms with Crippen molar-refractivity contribution < 1.29 is 28.4 Å². The number of likely N-dealkylation sites (N-methyl/N-ethyl adjacent to an activating group) is 1.